The van der Waals surface area contributed by atoms with E-state index in [0.717, 1.165) is 19.4 Å². The molecule has 19 heavy (non-hydrogen) atoms. The summed E-state index contributed by atoms with van der Waals surface area (Å²) in [6, 6.07) is -0.0411. The fourth-order valence-corrected chi connectivity index (χ4v) is 3.19. The van der Waals surface area contributed by atoms with Gasteiger partial charge in [-0.1, -0.05) is 5.16 Å². The number of nitrogens with zero attached hydrogens (tertiary/aromatic N) is 3. The summed E-state index contributed by atoms with van der Waals surface area (Å²) in [5, 5.41) is 3.79. The molecule has 2 rings (SSSR count). The molecule has 108 valence electrons. The summed E-state index contributed by atoms with van der Waals surface area (Å²) in [5.74, 6) is 1.20. The normalized spacial score (nSPS) is 23.4. The van der Waals surface area contributed by atoms with E-state index in [9.17, 15) is 8.42 Å². The second kappa shape index (κ2) is 5.56. The summed E-state index contributed by atoms with van der Waals surface area (Å²) in [6.07, 6.45) is 3.00. The molecule has 8 heteroatoms. The van der Waals surface area contributed by atoms with Gasteiger partial charge in [-0.3, -0.25) is 4.90 Å². The third-order valence-electron chi connectivity index (χ3n) is 3.28. The van der Waals surface area contributed by atoms with Crippen LogP contribution in [0, 0.1) is 6.92 Å². The van der Waals surface area contributed by atoms with Gasteiger partial charge in [0, 0.05) is 12.6 Å². The van der Waals surface area contributed by atoms with Gasteiger partial charge in [-0.15, -0.1) is 0 Å². The maximum absolute atomic E-state index is 11.3. The Kier molecular flexibility index (Phi) is 4.22. The lowest BCUT2D eigenvalue weighted by Gasteiger charge is -2.35. The minimum absolute atomic E-state index is 0.00496. The zero-order chi connectivity index (χ0) is 14.0. The van der Waals surface area contributed by atoms with Crippen molar-refractivity contribution in [1.82, 2.24) is 19.8 Å². The van der Waals surface area contributed by atoms with Gasteiger partial charge in [-0.25, -0.2) is 13.1 Å². The maximum atomic E-state index is 11.3. The molecular formula is C11H20N4O3S. The Balaban J connectivity index is 2.01. The van der Waals surface area contributed by atoms with Gasteiger partial charge in [0.15, 0.2) is 5.82 Å². The van der Waals surface area contributed by atoms with Crippen molar-refractivity contribution >= 4 is 10.0 Å². The molecule has 0 spiro atoms. The fourth-order valence-electron chi connectivity index (χ4n) is 2.40. The van der Waals surface area contributed by atoms with E-state index in [0.29, 0.717) is 18.3 Å². The lowest BCUT2D eigenvalue weighted by molar-refractivity contribution is 0.130. The highest BCUT2D eigenvalue weighted by atomic mass is 32.2. The Morgan fingerprint density at radius 3 is 2.84 bits per heavy atom. The van der Waals surface area contributed by atoms with E-state index < -0.39 is 10.0 Å². The summed E-state index contributed by atoms with van der Waals surface area (Å²) in [5.41, 5.74) is 0. The van der Waals surface area contributed by atoms with Crippen molar-refractivity contribution in [1.29, 1.82) is 0 Å². The molecule has 2 atom stereocenters. The quantitative estimate of drug-likeness (QED) is 0.865. The third-order valence-corrected chi connectivity index (χ3v) is 4.04. The highest BCUT2D eigenvalue weighted by molar-refractivity contribution is 7.88. The first-order chi connectivity index (χ1) is 8.85. The first-order valence-corrected chi connectivity index (χ1v) is 8.26. The van der Waals surface area contributed by atoms with Gasteiger partial charge in [-0.2, -0.15) is 4.98 Å². The van der Waals surface area contributed by atoms with Gasteiger partial charge in [0.25, 0.3) is 0 Å². The van der Waals surface area contributed by atoms with Gasteiger partial charge in [-0.05, 0) is 33.2 Å². The van der Waals surface area contributed by atoms with Gasteiger partial charge < -0.3 is 4.52 Å². The summed E-state index contributed by atoms with van der Waals surface area (Å²) < 4.78 is 30.4. The van der Waals surface area contributed by atoms with Crippen LogP contribution in [0.4, 0.5) is 0 Å². The van der Waals surface area contributed by atoms with E-state index in [4.69, 9.17) is 4.52 Å². The molecule has 0 radical (unpaired) electrons. The number of hydrogen-bond donors (Lipinski definition) is 1. The Bertz CT molecular complexity index is 528. The van der Waals surface area contributed by atoms with Crippen LogP contribution >= 0.6 is 0 Å². The number of piperidine rings is 1. The number of hydrogen-bond acceptors (Lipinski definition) is 6. The topological polar surface area (TPSA) is 88.3 Å². The van der Waals surface area contributed by atoms with Crippen molar-refractivity contribution in [2.75, 3.05) is 19.3 Å². The summed E-state index contributed by atoms with van der Waals surface area (Å²) in [7, 11) is -3.16. The largest absolute Gasteiger partial charge is 0.338 e. The highest BCUT2D eigenvalue weighted by Crippen LogP contribution is 2.23. The van der Waals surface area contributed by atoms with Crippen LogP contribution in [0.15, 0.2) is 4.52 Å². The molecule has 1 aliphatic heterocycles. The van der Waals surface area contributed by atoms with Crippen LogP contribution in [0.3, 0.4) is 0 Å². The molecular weight excluding hydrogens is 268 g/mol. The first-order valence-electron chi connectivity index (χ1n) is 6.37. The third kappa shape index (κ3) is 3.99. The van der Waals surface area contributed by atoms with Gasteiger partial charge >= 0.3 is 0 Å². The Hall–Kier alpha value is -0.990. The van der Waals surface area contributed by atoms with E-state index in [2.05, 4.69) is 19.8 Å². The predicted octanol–water partition coefficient (Wildman–Crippen LogP) is 0.453. The molecule has 2 heterocycles. The Morgan fingerprint density at radius 2 is 2.26 bits per heavy atom. The summed E-state index contributed by atoms with van der Waals surface area (Å²) in [4.78, 5) is 6.39. The van der Waals surface area contributed by atoms with Gasteiger partial charge in [0.2, 0.25) is 15.9 Å². The molecule has 0 amide bonds. The molecule has 1 aromatic rings. The van der Waals surface area contributed by atoms with Crippen molar-refractivity contribution in [3.8, 4) is 0 Å². The molecule has 0 aliphatic carbocycles. The van der Waals surface area contributed by atoms with Gasteiger partial charge in [0.1, 0.15) is 0 Å². The predicted molar refractivity (Wildman–Crippen MR) is 70.0 cm³/mol. The molecule has 1 fully saturated rings. The molecule has 0 saturated carbocycles. The van der Waals surface area contributed by atoms with E-state index in [-0.39, 0.29) is 12.1 Å². The van der Waals surface area contributed by atoms with E-state index in [1.807, 2.05) is 6.92 Å². The first kappa shape index (κ1) is 14.4. The van der Waals surface area contributed by atoms with Crippen LogP contribution in [0.5, 0.6) is 0 Å². The fraction of sp³-hybridized carbons (Fsp3) is 0.818. The average Bonchev–Trinajstić information content (AvgIpc) is 2.73. The number of rotatable bonds is 4. The number of aryl methyl sites for hydroxylation is 1. The summed E-state index contributed by atoms with van der Waals surface area (Å²) >= 11 is 0. The zero-order valence-corrected chi connectivity index (χ0v) is 12.3. The molecule has 1 saturated heterocycles. The van der Waals surface area contributed by atoms with Crippen molar-refractivity contribution in [3.05, 3.63) is 11.7 Å². The standard InChI is InChI=1S/C11H20N4O3S/c1-8(11-12-9(2)13-18-11)15-6-4-5-10(7-15)14-19(3,16)17/h8,10,14H,4-7H2,1-3H3/t8-,10-/m0/s1. The number of nitrogens with one attached hydrogen (secondary N) is 1. The van der Waals surface area contributed by atoms with Crippen LogP contribution in [0.2, 0.25) is 0 Å². The average molecular weight is 288 g/mol. The van der Waals surface area contributed by atoms with Crippen molar-refractivity contribution < 1.29 is 12.9 Å². The van der Waals surface area contributed by atoms with Gasteiger partial charge in [0.05, 0.1) is 12.3 Å². The minimum atomic E-state index is -3.16. The molecule has 0 bridgehead atoms. The van der Waals surface area contributed by atoms with Crippen molar-refractivity contribution in [3.63, 3.8) is 0 Å². The Labute approximate surface area is 113 Å². The monoisotopic (exact) mass is 288 g/mol. The van der Waals surface area contributed by atoms with Crippen LogP contribution in [0.25, 0.3) is 0 Å². The van der Waals surface area contributed by atoms with E-state index in [1.54, 1.807) is 6.92 Å². The lowest BCUT2D eigenvalue weighted by atomic mass is 10.0. The summed E-state index contributed by atoms with van der Waals surface area (Å²) in [6.45, 7) is 5.35. The lowest BCUT2D eigenvalue weighted by Crippen LogP contribution is -2.48. The molecule has 7 nitrogen and oxygen atoms in total. The Morgan fingerprint density at radius 1 is 1.53 bits per heavy atom. The van der Waals surface area contributed by atoms with E-state index in [1.165, 1.54) is 6.26 Å². The van der Waals surface area contributed by atoms with Crippen molar-refractivity contribution in [2.24, 2.45) is 0 Å². The van der Waals surface area contributed by atoms with Crippen LogP contribution in [-0.4, -0.2) is 48.8 Å². The number of likely N-dealkylation sites (tertiary alicyclic amines) is 1. The second-order valence-corrected chi connectivity index (χ2v) is 6.86. The second-order valence-electron chi connectivity index (χ2n) is 5.08. The molecule has 1 aromatic heterocycles. The van der Waals surface area contributed by atoms with Crippen molar-refractivity contribution in [2.45, 2.75) is 38.8 Å². The van der Waals surface area contributed by atoms with Crippen LogP contribution < -0.4 is 4.72 Å². The number of sulfonamides is 1. The van der Waals surface area contributed by atoms with E-state index >= 15 is 0 Å². The molecule has 1 N–H and O–H groups in total. The maximum Gasteiger partial charge on any atom is 0.243 e. The zero-order valence-electron chi connectivity index (χ0n) is 11.5. The smallest absolute Gasteiger partial charge is 0.243 e. The minimum Gasteiger partial charge on any atom is -0.338 e. The molecule has 1 aliphatic rings. The highest BCUT2D eigenvalue weighted by Gasteiger charge is 2.28. The molecule has 0 unspecified atom stereocenters. The molecule has 0 aromatic carbocycles. The SMILES string of the molecule is Cc1noc([C@H](C)N2CCC[C@H](NS(C)(=O)=O)C2)n1. The van der Waals surface area contributed by atoms with Crippen LogP contribution in [0.1, 0.15) is 37.5 Å². The van der Waals surface area contributed by atoms with Crippen LogP contribution in [-0.2, 0) is 10.0 Å². The number of aromatic nitrogens is 2.